The minimum Gasteiger partial charge on any atom is -0.496 e. The van der Waals surface area contributed by atoms with Crippen LogP contribution in [0, 0.1) is 24.6 Å². The number of pyridine rings is 1. The van der Waals surface area contributed by atoms with Gasteiger partial charge in [-0.1, -0.05) is 31.7 Å². The van der Waals surface area contributed by atoms with Crippen molar-refractivity contribution in [2.45, 2.75) is 70.9 Å². The Morgan fingerprint density at radius 2 is 1.86 bits per heavy atom. The van der Waals surface area contributed by atoms with E-state index in [4.69, 9.17) is 4.74 Å². The molecule has 2 aromatic carbocycles. The summed E-state index contributed by atoms with van der Waals surface area (Å²) >= 11 is 0. The number of benzene rings is 2. The number of rotatable bonds is 10. The van der Waals surface area contributed by atoms with Gasteiger partial charge in [0.15, 0.2) is 5.78 Å². The monoisotopic (exact) mass is 582 g/mol. The fraction of sp³-hybridized carbons (Fsp3) is 0.429. The normalized spacial score (nSPS) is 19.6. The maximum atomic E-state index is 15.0. The number of ether oxygens (including phenoxy) is 1. The lowest BCUT2D eigenvalue weighted by molar-refractivity contribution is -0.127. The maximum Gasteiger partial charge on any atom is 0.163 e. The van der Waals surface area contributed by atoms with E-state index in [2.05, 4.69) is 20.1 Å². The number of hydrogen-bond acceptors (Lipinski definition) is 6. The lowest BCUT2D eigenvalue weighted by Crippen LogP contribution is -2.48. The second kappa shape index (κ2) is 12.8. The molecule has 7 nitrogen and oxygen atoms in total. The van der Waals surface area contributed by atoms with Crippen molar-refractivity contribution in [1.82, 2.24) is 20.1 Å². The summed E-state index contributed by atoms with van der Waals surface area (Å²) in [6, 6.07) is 14.1. The fourth-order valence-electron chi connectivity index (χ4n) is 7.03. The predicted molar refractivity (Wildman–Crippen MR) is 164 cm³/mol. The summed E-state index contributed by atoms with van der Waals surface area (Å²) < 4.78 is 20.5. The molecule has 1 saturated heterocycles. The number of methoxy groups -OCH3 is 1. The van der Waals surface area contributed by atoms with Gasteiger partial charge in [-0.05, 0) is 74.1 Å². The van der Waals surface area contributed by atoms with Gasteiger partial charge in [-0.25, -0.2) is 4.39 Å². The van der Waals surface area contributed by atoms with Gasteiger partial charge in [0.2, 0.25) is 0 Å². The largest absolute Gasteiger partial charge is 0.496 e. The predicted octanol–water partition coefficient (Wildman–Crippen LogP) is 7.08. The molecule has 43 heavy (non-hydrogen) atoms. The number of hydrogen-bond donors (Lipinski definition) is 1. The summed E-state index contributed by atoms with van der Waals surface area (Å²) in [6.45, 7) is 2.77. The number of piperidine rings is 1. The molecule has 1 N–H and O–H groups in total. The molecule has 0 spiro atoms. The molecule has 1 saturated carbocycles. The van der Waals surface area contributed by atoms with Crippen LogP contribution < -0.4 is 4.74 Å². The Morgan fingerprint density at radius 3 is 2.65 bits per heavy atom. The van der Waals surface area contributed by atoms with E-state index in [1.54, 1.807) is 18.3 Å². The van der Waals surface area contributed by atoms with Crippen LogP contribution in [0.15, 0.2) is 54.7 Å². The van der Waals surface area contributed by atoms with Crippen molar-refractivity contribution in [1.29, 1.82) is 0 Å². The SMILES string of the molecule is COc1cccc(F)c1CN1C[C@H](CC(=O)c2ccc3[nH]nc(-c4ccnc(C)c4)c3c2)CC[C@H]1C(=O)CC1CCCC1. The molecule has 2 aromatic heterocycles. The van der Waals surface area contributed by atoms with E-state index >= 15 is 0 Å². The van der Waals surface area contributed by atoms with Gasteiger partial charge in [0, 0.05) is 59.9 Å². The minimum absolute atomic E-state index is 0.0585. The van der Waals surface area contributed by atoms with Crippen LogP contribution in [-0.4, -0.2) is 51.3 Å². The maximum absolute atomic E-state index is 15.0. The Balaban J connectivity index is 1.21. The van der Waals surface area contributed by atoms with E-state index in [1.807, 2.05) is 37.3 Å². The number of aromatic amines is 1. The van der Waals surface area contributed by atoms with Crippen molar-refractivity contribution in [2.75, 3.05) is 13.7 Å². The average Bonchev–Trinajstić information content (AvgIpc) is 3.68. The smallest absolute Gasteiger partial charge is 0.163 e. The summed E-state index contributed by atoms with van der Waals surface area (Å²) in [5, 5.41) is 8.48. The average molecular weight is 583 g/mol. The van der Waals surface area contributed by atoms with Gasteiger partial charge in [0.05, 0.1) is 18.7 Å². The van der Waals surface area contributed by atoms with Crippen molar-refractivity contribution in [3.63, 3.8) is 0 Å². The molecule has 224 valence electrons. The fourth-order valence-corrected chi connectivity index (χ4v) is 7.03. The lowest BCUT2D eigenvalue weighted by atomic mass is 9.84. The topological polar surface area (TPSA) is 88.2 Å². The second-order valence-corrected chi connectivity index (χ2v) is 12.3. The Kier molecular flexibility index (Phi) is 8.66. The van der Waals surface area contributed by atoms with Gasteiger partial charge in [-0.2, -0.15) is 5.10 Å². The number of nitrogens with one attached hydrogen (secondary N) is 1. The van der Waals surface area contributed by atoms with Crippen molar-refractivity contribution >= 4 is 22.5 Å². The summed E-state index contributed by atoms with van der Waals surface area (Å²) in [5.74, 6) is 0.959. The number of carbonyl (C=O) groups excluding carboxylic acids is 2. The van der Waals surface area contributed by atoms with Crippen LogP contribution in [0.3, 0.4) is 0 Å². The highest BCUT2D eigenvalue weighted by Crippen LogP contribution is 2.35. The van der Waals surface area contributed by atoms with Crippen molar-refractivity contribution in [3.05, 3.63) is 77.4 Å². The summed E-state index contributed by atoms with van der Waals surface area (Å²) in [7, 11) is 1.54. The van der Waals surface area contributed by atoms with Gasteiger partial charge in [0.25, 0.3) is 0 Å². The molecule has 0 bridgehead atoms. The highest BCUT2D eigenvalue weighted by molar-refractivity contribution is 6.02. The van der Waals surface area contributed by atoms with Gasteiger partial charge >= 0.3 is 0 Å². The van der Waals surface area contributed by atoms with Gasteiger partial charge in [0.1, 0.15) is 23.0 Å². The first-order valence-electron chi connectivity index (χ1n) is 15.4. The highest BCUT2D eigenvalue weighted by Gasteiger charge is 2.36. The number of aromatic nitrogens is 3. The first-order valence-corrected chi connectivity index (χ1v) is 15.4. The molecule has 1 aliphatic heterocycles. The Labute approximate surface area is 251 Å². The molecule has 2 aliphatic rings. The molecule has 0 radical (unpaired) electrons. The van der Waals surface area contributed by atoms with Gasteiger partial charge < -0.3 is 4.74 Å². The van der Waals surface area contributed by atoms with Crippen LogP contribution in [0.5, 0.6) is 5.75 Å². The number of likely N-dealkylation sites (tertiary alicyclic amines) is 1. The quantitative estimate of drug-likeness (QED) is 0.201. The number of H-pyrrole nitrogens is 1. The van der Waals surface area contributed by atoms with Crippen LogP contribution in [-0.2, 0) is 11.3 Å². The summed E-state index contributed by atoms with van der Waals surface area (Å²) in [5.41, 5.74) is 4.61. The molecule has 6 rings (SSSR count). The first-order chi connectivity index (χ1) is 20.9. The molecule has 8 heteroatoms. The molecular weight excluding hydrogens is 543 g/mol. The highest BCUT2D eigenvalue weighted by atomic mass is 19.1. The van der Waals surface area contributed by atoms with E-state index in [0.717, 1.165) is 47.1 Å². The van der Waals surface area contributed by atoms with Crippen LogP contribution in [0.25, 0.3) is 22.2 Å². The second-order valence-electron chi connectivity index (χ2n) is 12.3. The third-order valence-electron chi connectivity index (χ3n) is 9.30. The van der Waals surface area contributed by atoms with Crippen LogP contribution in [0.1, 0.15) is 73.0 Å². The van der Waals surface area contributed by atoms with Crippen molar-refractivity contribution < 1.29 is 18.7 Å². The van der Waals surface area contributed by atoms with Crippen molar-refractivity contribution in [3.8, 4) is 17.0 Å². The van der Waals surface area contributed by atoms with Gasteiger partial charge in [-0.3, -0.25) is 24.6 Å². The third-order valence-corrected chi connectivity index (χ3v) is 9.30. The van der Waals surface area contributed by atoms with Crippen LogP contribution >= 0.6 is 0 Å². The zero-order chi connectivity index (χ0) is 29.9. The number of ketones is 2. The number of Topliss-reactive ketones (excluding diaryl/α,β-unsaturated/α-hetero) is 2. The molecule has 0 amide bonds. The standard InChI is InChI=1S/C35H39FN4O3/c1-22-16-26(14-15-37-22)35-27-19-25(11-12-30(27)38-39-35)32(41)18-24-10-13-31(33(42)17-23-6-3-4-7-23)40(20-24)21-28-29(36)8-5-9-34(28)43-2/h5,8-9,11-12,14-16,19,23-24,31H,3-4,6-7,10,13,17-18,20-21H2,1-2H3,(H,38,39)/t24-,31-/m0/s1. The Hall–Kier alpha value is -3.91. The molecule has 4 aromatic rings. The minimum atomic E-state index is -0.340. The Morgan fingerprint density at radius 1 is 1.02 bits per heavy atom. The van der Waals surface area contributed by atoms with Crippen LogP contribution in [0.4, 0.5) is 4.39 Å². The number of carbonyl (C=O) groups is 2. The summed E-state index contributed by atoms with van der Waals surface area (Å²) in [6.07, 6.45) is 8.77. The van der Waals surface area contributed by atoms with E-state index in [1.165, 1.54) is 26.0 Å². The van der Waals surface area contributed by atoms with E-state index < -0.39 is 0 Å². The molecule has 2 fully saturated rings. The molecule has 2 atom stereocenters. The molecular formula is C35H39FN4O3. The lowest BCUT2D eigenvalue weighted by Gasteiger charge is -2.39. The van der Waals surface area contributed by atoms with Crippen LogP contribution in [0.2, 0.25) is 0 Å². The molecule has 0 unspecified atom stereocenters. The van der Waals surface area contributed by atoms with E-state index in [9.17, 15) is 14.0 Å². The number of nitrogens with zero attached hydrogens (tertiary/aromatic N) is 3. The summed E-state index contributed by atoms with van der Waals surface area (Å²) in [4.78, 5) is 33.6. The van der Waals surface area contributed by atoms with E-state index in [0.29, 0.717) is 48.6 Å². The first kappa shape index (κ1) is 29.2. The number of fused-ring (bicyclic) bond motifs is 1. The van der Waals surface area contributed by atoms with E-state index in [-0.39, 0.29) is 35.9 Å². The zero-order valence-electron chi connectivity index (χ0n) is 24.9. The zero-order valence-corrected chi connectivity index (χ0v) is 24.9. The van der Waals surface area contributed by atoms with Crippen molar-refractivity contribution in [2.24, 2.45) is 11.8 Å². The number of halogens is 1. The molecule has 1 aliphatic carbocycles. The van der Waals surface area contributed by atoms with Gasteiger partial charge in [-0.15, -0.1) is 0 Å². The molecule has 3 heterocycles. The number of aryl methyl sites for hydroxylation is 1. The Bertz CT molecular complexity index is 1630. The third kappa shape index (κ3) is 6.39.